The van der Waals surface area contributed by atoms with E-state index in [1.54, 1.807) is 16.7 Å². The van der Waals surface area contributed by atoms with Gasteiger partial charge in [0.15, 0.2) is 0 Å². The summed E-state index contributed by atoms with van der Waals surface area (Å²) in [4.78, 5) is 30.3. The number of thioether (sulfide) groups is 1. The van der Waals surface area contributed by atoms with E-state index in [1.165, 1.54) is 18.1 Å². The Morgan fingerprint density at radius 3 is 2.77 bits per heavy atom. The molecule has 39 heavy (non-hydrogen) atoms. The summed E-state index contributed by atoms with van der Waals surface area (Å²) in [5.41, 5.74) is 7.46. The van der Waals surface area contributed by atoms with Crippen LogP contribution in [0.1, 0.15) is 42.7 Å². The zero-order chi connectivity index (χ0) is 27.8. The number of benzene rings is 2. The van der Waals surface area contributed by atoms with Gasteiger partial charge in [0, 0.05) is 29.3 Å². The van der Waals surface area contributed by atoms with Crippen molar-refractivity contribution in [3.63, 3.8) is 0 Å². The standard InChI is InChI=1S/C28H31N5O3S.C2H4/c1-3-37-27(19-8-5-4-6-9-19)30-16-25-24-11-7-10-20-14-21(12-13-23(20)26(24)32-31-25)33-17-22(36-28(33)35)15-29-18(2)34;1-2/h4-6,8-9,12-14,22H,3,7,10-11,15-17H2,1-2H3,(H,29,34)(H,31,32);1-2H2. The highest BCUT2D eigenvalue weighted by molar-refractivity contribution is 8.14. The fourth-order valence-electron chi connectivity index (χ4n) is 4.85. The van der Waals surface area contributed by atoms with Crippen LogP contribution in [0.4, 0.5) is 10.5 Å². The second-order valence-corrected chi connectivity index (χ2v) is 10.5. The highest BCUT2D eigenvalue weighted by Crippen LogP contribution is 2.36. The van der Waals surface area contributed by atoms with E-state index >= 15 is 0 Å². The van der Waals surface area contributed by atoms with Gasteiger partial charge in [0.1, 0.15) is 6.10 Å². The van der Waals surface area contributed by atoms with Gasteiger partial charge in [0.05, 0.1) is 36.1 Å². The summed E-state index contributed by atoms with van der Waals surface area (Å²) in [6.45, 7) is 10.9. The molecule has 0 bridgehead atoms. The van der Waals surface area contributed by atoms with E-state index in [1.807, 2.05) is 24.3 Å². The van der Waals surface area contributed by atoms with Crippen LogP contribution in [0.15, 0.2) is 66.7 Å². The molecule has 2 aromatic carbocycles. The average molecular weight is 546 g/mol. The lowest BCUT2D eigenvalue weighted by atomic mass is 10.0. The molecule has 0 spiro atoms. The number of nitrogens with zero attached hydrogens (tertiary/aromatic N) is 3. The number of carbonyl (C=O) groups excluding carboxylic acids is 2. The van der Waals surface area contributed by atoms with E-state index in [0.717, 1.165) is 58.3 Å². The monoisotopic (exact) mass is 545 g/mol. The van der Waals surface area contributed by atoms with Crippen molar-refractivity contribution < 1.29 is 14.3 Å². The van der Waals surface area contributed by atoms with Crippen LogP contribution >= 0.6 is 11.8 Å². The van der Waals surface area contributed by atoms with E-state index in [9.17, 15) is 9.59 Å². The molecule has 8 nitrogen and oxygen atoms in total. The van der Waals surface area contributed by atoms with E-state index in [0.29, 0.717) is 19.6 Å². The van der Waals surface area contributed by atoms with Gasteiger partial charge in [-0.1, -0.05) is 43.3 Å². The second kappa shape index (κ2) is 13.3. The normalized spacial score (nSPS) is 16.4. The number of fused-ring (bicyclic) bond motifs is 3. The van der Waals surface area contributed by atoms with Crippen LogP contribution < -0.4 is 10.2 Å². The van der Waals surface area contributed by atoms with E-state index in [2.05, 4.69) is 54.8 Å². The topological polar surface area (TPSA) is 99.7 Å². The quantitative estimate of drug-likeness (QED) is 0.231. The molecule has 1 aliphatic heterocycles. The summed E-state index contributed by atoms with van der Waals surface area (Å²) in [6, 6.07) is 16.4. The lowest BCUT2D eigenvalue weighted by Crippen LogP contribution is -2.33. The van der Waals surface area contributed by atoms with Crippen LogP contribution in [0.3, 0.4) is 0 Å². The summed E-state index contributed by atoms with van der Waals surface area (Å²) in [5, 5.41) is 11.7. The molecule has 1 aliphatic carbocycles. The van der Waals surface area contributed by atoms with Crippen molar-refractivity contribution in [2.75, 3.05) is 23.7 Å². The fraction of sp³-hybridized carbons (Fsp3) is 0.333. The Balaban J connectivity index is 0.00000172. The zero-order valence-corrected chi connectivity index (χ0v) is 23.4. The van der Waals surface area contributed by atoms with Gasteiger partial charge in [-0.25, -0.2) is 4.79 Å². The third-order valence-electron chi connectivity index (χ3n) is 6.62. The molecule has 0 saturated carbocycles. The van der Waals surface area contributed by atoms with Gasteiger partial charge < -0.3 is 10.1 Å². The number of rotatable bonds is 7. The van der Waals surface area contributed by atoms with Crippen molar-refractivity contribution >= 4 is 34.5 Å². The molecule has 1 atom stereocenters. The average Bonchev–Trinajstić information content (AvgIpc) is 3.48. The Morgan fingerprint density at radius 2 is 2.03 bits per heavy atom. The molecule has 0 radical (unpaired) electrons. The number of aromatic nitrogens is 2. The number of aliphatic imine (C=N–C) groups is 1. The second-order valence-electron chi connectivity index (χ2n) is 9.20. The maximum Gasteiger partial charge on any atom is 0.414 e. The molecule has 2 aliphatic rings. The van der Waals surface area contributed by atoms with E-state index < -0.39 is 0 Å². The van der Waals surface area contributed by atoms with Crippen molar-refractivity contribution in [2.45, 2.75) is 45.8 Å². The first-order valence-electron chi connectivity index (χ1n) is 13.2. The largest absolute Gasteiger partial charge is 0.442 e. The number of cyclic esters (lactones) is 1. The number of carbonyl (C=O) groups is 2. The molecular weight excluding hydrogens is 510 g/mol. The summed E-state index contributed by atoms with van der Waals surface area (Å²) in [5.74, 6) is 0.822. The van der Waals surface area contributed by atoms with Gasteiger partial charge in [0.25, 0.3) is 0 Å². The number of anilines is 1. The molecule has 2 heterocycles. The first-order valence-corrected chi connectivity index (χ1v) is 14.2. The maximum atomic E-state index is 12.5. The van der Waals surface area contributed by atoms with Crippen molar-refractivity contribution in [1.82, 2.24) is 15.5 Å². The highest BCUT2D eigenvalue weighted by Gasteiger charge is 2.33. The first-order chi connectivity index (χ1) is 19.0. The summed E-state index contributed by atoms with van der Waals surface area (Å²) in [7, 11) is 0. The molecule has 2 N–H and O–H groups in total. The molecule has 1 unspecified atom stereocenters. The Kier molecular flexibility index (Phi) is 9.59. The summed E-state index contributed by atoms with van der Waals surface area (Å²) in [6.07, 6.45) is 2.07. The summed E-state index contributed by atoms with van der Waals surface area (Å²) < 4.78 is 5.44. The minimum atomic E-state index is -0.385. The Hall–Kier alpha value is -3.85. The molecule has 9 heteroatoms. The molecule has 5 rings (SSSR count). The van der Waals surface area contributed by atoms with Crippen molar-refractivity contribution in [3.8, 4) is 11.3 Å². The van der Waals surface area contributed by atoms with Crippen molar-refractivity contribution in [2.24, 2.45) is 4.99 Å². The van der Waals surface area contributed by atoms with Crippen LogP contribution in [0, 0.1) is 0 Å². The third kappa shape index (κ3) is 6.60. The summed E-state index contributed by atoms with van der Waals surface area (Å²) >= 11 is 1.75. The van der Waals surface area contributed by atoms with Gasteiger partial charge >= 0.3 is 6.09 Å². The number of hydrogen-bond acceptors (Lipinski definition) is 6. The first kappa shape index (κ1) is 28.2. The lowest BCUT2D eigenvalue weighted by Gasteiger charge is -2.16. The predicted octanol–water partition coefficient (Wildman–Crippen LogP) is 5.53. The number of aryl methyl sites for hydroxylation is 1. The van der Waals surface area contributed by atoms with Gasteiger partial charge in [-0.2, -0.15) is 5.10 Å². The number of aromatic amines is 1. The maximum absolute atomic E-state index is 12.5. The SMILES string of the molecule is C=C.CCSC(=NCc1[nH]nc2c1CCCc1cc(N3CC(CNC(C)=O)OC3=O)ccc1-2)c1ccccc1. The minimum absolute atomic E-state index is 0.139. The number of ether oxygens (including phenoxy) is 1. The van der Waals surface area contributed by atoms with Crippen LogP contribution in [-0.2, 0) is 28.9 Å². The van der Waals surface area contributed by atoms with Gasteiger partial charge in [0.2, 0.25) is 5.91 Å². The van der Waals surface area contributed by atoms with Crippen LogP contribution in [0.5, 0.6) is 0 Å². The number of hydrogen-bond donors (Lipinski definition) is 2. The number of amides is 2. The smallest absolute Gasteiger partial charge is 0.414 e. The van der Waals surface area contributed by atoms with Crippen LogP contribution in [0.2, 0.25) is 0 Å². The highest BCUT2D eigenvalue weighted by atomic mass is 32.2. The molecule has 204 valence electrons. The Morgan fingerprint density at radius 1 is 1.23 bits per heavy atom. The number of H-pyrrole nitrogens is 1. The van der Waals surface area contributed by atoms with Gasteiger partial charge in [-0.15, -0.1) is 24.9 Å². The molecule has 2 amide bonds. The van der Waals surface area contributed by atoms with E-state index in [-0.39, 0.29) is 18.1 Å². The molecule has 1 saturated heterocycles. The third-order valence-corrected chi connectivity index (χ3v) is 7.54. The van der Waals surface area contributed by atoms with Gasteiger partial charge in [-0.05, 0) is 42.7 Å². The van der Waals surface area contributed by atoms with Crippen molar-refractivity contribution in [3.05, 3.63) is 84.1 Å². The molecular formula is C30H35N5O3S. The lowest BCUT2D eigenvalue weighted by molar-refractivity contribution is -0.119. The van der Waals surface area contributed by atoms with Crippen molar-refractivity contribution in [1.29, 1.82) is 0 Å². The fourth-order valence-corrected chi connectivity index (χ4v) is 5.58. The predicted molar refractivity (Wildman–Crippen MR) is 158 cm³/mol. The Labute approximate surface area is 233 Å². The zero-order valence-electron chi connectivity index (χ0n) is 22.5. The minimum Gasteiger partial charge on any atom is -0.442 e. The van der Waals surface area contributed by atoms with Gasteiger partial charge in [-0.3, -0.25) is 19.8 Å². The number of nitrogens with one attached hydrogen (secondary N) is 2. The van der Waals surface area contributed by atoms with Crippen LogP contribution in [-0.4, -0.2) is 52.2 Å². The molecule has 1 fully saturated rings. The van der Waals surface area contributed by atoms with E-state index in [4.69, 9.17) is 14.8 Å². The molecule has 3 aromatic rings. The van der Waals surface area contributed by atoms with Crippen LogP contribution in [0.25, 0.3) is 11.3 Å². The Bertz CT molecular complexity index is 1340. The molecule has 1 aromatic heterocycles.